The molecule has 1 aromatic heterocycles. The van der Waals surface area contributed by atoms with E-state index in [1.807, 2.05) is 24.3 Å². The summed E-state index contributed by atoms with van der Waals surface area (Å²) in [6.07, 6.45) is 4.68. The highest BCUT2D eigenvalue weighted by atomic mass is 16.5. The van der Waals surface area contributed by atoms with Crippen LogP contribution in [0.1, 0.15) is 23.8 Å². The van der Waals surface area contributed by atoms with Crippen LogP contribution < -0.4 is 10.4 Å². The van der Waals surface area contributed by atoms with Crippen molar-refractivity contribution in [3.8, 4) is 5.75 Å². The van der Waals surface area contributed by atoms with Crippen LogP contribution in [0, 0.1) is 0 Å². The van der Waals surface area contributed by atoms with Crippen LogP contribution in [0.25, 0.3) is 12.2 Å². The van der Waals surface area contributed by atoms with E-state index in [9.17, 15) is 4.79 Å². The molecule has 98 valence electrons. The molecule has 1 aromatic carbocycles. The maximum absolute atomic E-state index is 11.3. The van der Waals surface area contributed by atoms with Gasteiger partial charge in [0.05, 0.1) is 13.2 Å². The molecule has 0 radical (unpaired) electrons. The van der Waals surface area contributed by atoms with E-state index in [1.54, 1.807) is 12.1 Å². The normalized spacial score (nSPS) is 10.8. The van der Waals surface area contributed by atoms with E-state index in [0.29, 0.717) is 11.5 Å². The number of hydrogen-bond donors (Lipinski definition) is 0. The monoisotopic (exact) mass is 256 g/mol. The van der Waals surface area contributed by atoms with E-state index >= 15 is 0 Å². The van der Waals surface area contributed by atoms with Gasteiger partial charge in [-0.1, -0.05) is 37.3 Å². The van der Waals surface area contributed by atoms with E-state index in [2.05, 4.69) is 13.0 Å². The Morgan fingerprint density at radius 2 is 2.00 bits per heavy atom. The molecule has 1 heterocycles. The molecular formula is C16H16O3. The zero-order valence-electron chi connectivity index (χ0n) is 11.1. The Morgan fingerprint density at radius 3 is 2.74 bits per heavy atom. The van der Waals surface area contributed by atoms with E-state index in [4.69, 9.17) is 9.15 Å². The molecule has 3 heteroatoms. The SMILES string of the molecule is CCc1ccccc1/C=C/c1cc(OC)cc(=O)o1. The van der Waals surface area contributed by atoms with Crippen molar-refractivity contribution < 1.29 is 9.15 Å². The van der Waals surface area contributed by atoms with Crippen LogP contribution in [0.3, 0.4) is 0 Å². The molecule has 0 saturated carbocycles. The van der Waals surface area contributed by atoms with E-state index in [1.165, 1.54) is 18.7 Å². The van der Waals surface area contributed by atoms with Crippen molar-refractivity contribution in [1.29, 1.82) is 0 Å². The number of methoxy groups -OCH3 is 1. The first-order chi connectivity index (χ1) is 9.22. The summed E-state index contributed by atoms with van der Waals surface area (Å²) >= 11 is 0. The molecule has 0 fully saturated rings. The van der Waals surface area contributed by atoms with Crippen molar-refractivity contribution in [2.45, 2.75) is 13.3 Å². The fourth-order valence-electron chi connectivity index (χ4n) is 1.86. The van der Waals surface area contributed by atoms with Gasteiger partial charge in [0.2, 0.25) is 0 Å². The van der Waals surface area contributed by atoms with Crippen LogP contribution >= 0.6 is 0 Å². The lowest BCUT2D eigenvalue weighted by atomic mass is 10.0. The standard InChI is InChI=1S/C16H16O3/c1-3-12-6-4-5-7-13(12)8-9-14-10-15(18-2)11-16(17)19-14/h4-11H,3H2,1-2H3/b9-8+. The van der Waals surface area contributed by atoms with Crippen molar-refractivity contribution in [2.24, 2.45) is 0 Å². The molecule has 2 rings (SSSR count). The molecule has 0 aliphatic carbocycles. The Labute approximate surface area is 112 Å². The van der Waals surface area contributed by atoms with Crippen molar-refractivity contribution in [3.05, 3.63) is 63.7 Å². The predicted molar refractivity (Wildman–Crippen MR) is 76.3 cm³/mol. The average Bonchev–Trinajstić information content (AvgIpc) is 2.44. The number of benzene rings is 1. The molecule has 0 unspecified atom stereocenters. The molecule has 3 nitrogen and oxygen atoms in total. The lowest BCUT2D eigenvalue weighted by molar-refractivity contribution is 0.400. The maximum Gasteiger partial charge on any atom is 0.339 e. The third-order valence-electron chi connectivity index (χ3n) is 2.86. The first kappa shape index (κ1) is 13.1. The second-order valence-electron chi connectivity index (χ2n) is 4.10. The second kappa shape index (κ2) is 6.05. The van der Waals surface area contributed by atoms with Gasteiger partial charge in [-0.15, -0.1) is 0 Å². The summed E-state index contributed by atoms with van der Waals surface area (Å²) in [5.41, 5.74) is 1.96. The van der Waals surface area contributed by atoms with Gasteiger partial charge < -0.3 is 9.15 Å². The Balaban J connectivity index is 2.32. The molecule has 0 atom stereocenters. The van der Waals surface area contributed by atoms with E-state index in [-0.39, 0.29) is 0 Å². The van der Waals surface area contributed by atoms with Crippen molar-refractivity contribution in [1.82, 2.24) is 0 Å². The molecule has 0 bridgehead atoms. The molecule has 2 aromatic rings. The number of rotatable bonds is 4. The minimum Gasteiger partial charge on any atom is -0.496 e. The van der Waals surface area contributed by atoms with Gasteiger partial charge in [0, 0.05) is 6.07 Å². The molecule has 0 saturated heterocycles. The highest BCUT2D eigenvalue weighted by Crippen LogP contribution is 2.15. The molecule has 0 amide bonds. The van der Waals surface area contributed by atoms with Crippen LogP contribution in [-0.4, -0.2) is 7.11 Å². The van der Waals surface area contributed by atoms with Crippen LogP contribution in [0.4, 0.5) is 0 Å². The van der Waals surface area contributed by atoms with Gasteiger partial charge in [-0.05, 0) is 23.6 Å². The lowest BCUT2D eigenvalue weighted by Crippen LogP contribution is -1.98. The summed E-state index contributed by atoms with van der Waals surface area (Å²) in [6, 6.07) is 11.1. The molecule has 0 aliphatic heterocycles. The third kappa shape index (κ3) is 3.35. The summed E-state index contributed by atoms with van der Waals surface area (Å²) in [7, 11) is 1.52. The van der Waals surface area contributed by atoms with Crippen molar-refractivity contribution in [2.75, 3.05) is 7.11 Å². The Bertz CT molecular complexity index is 638. The zero-order valence-corrected chi connectivity index (χ0v) is 11.1. The third-order valence-corrected chi connectivity index (χ3v) is 2.86. The number of aryl methyl sites for hydroxylation is 1. The first-order valence-electron chi connectivity index (χ1n) is 6.18. The highest BCUT2D eigenvalue weighted by molar-refractivity contribution is 5.69. The van der Waals surface area contributed by atoms with Crippen LogP contribution in [0.15, 0.2) is 45.6 Å². The molecule has 0 spiro atoms. The first-order valence-corrected chi connectivity index (χ1v) is 6.18. The zero-order chi connectivity index (χ0) is 13.7. The smallest absolute Gasteiger partial charge is 0.339 e. The fourth-order valence-corrected chi connectivity index (χ4v) is 1.86. The largest absolute Gasteiger partial charge is 0.496 e. The van der Waals surface area contributed by atoms with Crippen LogP contribution in [-0.2, 0) is 6.42 Å². The number of hydrogen-bond acceptors (Lipinski definition) is 3. The van der Waals surface area contributed by atoms with Crippen LogP contribution in [0.5, 0.6) is 5.75 Å². The van der Waals surface area contributed by atoms with Gasteiger partial charge >= 0.3 is 5.63 Å². The lowest BCUT2D eigenvalue weighted by Gasteiger charge is -2.02. The molecule has 0 aliphatic rings. The van der Waals surface area contributed by atoms with Gasteiger partial charge in [0.15, 0.2) is 0 Å². The van der Waals surface area contributed by atoms with E-state index < -0.39 is 5.63 Å². The second-order valence-corrected chi connectivity index (χ2v) is 4.10. The molecule has 19 heavy (non-hydrogen) atoms. The van der Waals surface area contributed by atoms with Gasteiger partial charge in [0.1, 0.15) is 11.5 Å². The Kier molecular flexibility index (Phi) is 4.18. The fraction of sp³-hybridized carbons (Fsp3) is 0.188. The minimum absolute atomic E-state index is 0.414. The van der Waals surface area contributed by atoms with Gasteiger partial charge in [-0.25, -0.2) is 4.79 Å². The predicted octanol–water partition coefficient (Wildman–Crippen LogP) is 3.38. The van der Waals surface area contributed by atoms with Gasteiger partial charge in [0.25, 0.3) is 0 Å². The summed E-state index contributed by atoms with van der Waals surface area (Å²) in [4.78, 5) is 11.3. The average molecular weight is 256 g/mol. The van der Waals surface area contributed by atoms with E-state index in [0.717, 1.165) is 12.0 Å². The van der Waals surface area contributed by atoms with Crippen LogP contribution in [0.2, 0.25) is 0 Å². The topological polar surface area (TPSA) is 39.4 Å². The van der Waals surface area contributed by atoms with Gasteiger partial charge in [-0.3, -0.25) is 0 Å². The summed E-state index contributed by atoms with van der Waals surface area (Å²) in [5, 5.41) is 0. The summed E-state index contributed by atoms with van der Waals surface area (Å²) < 4.78 is 10.1. The highest BCUT2D eigenvalue weighted by Gasteiger charge is 2.00. The summed E-state index contributed by atoms with van der Waals surface area (Å²) in [5.74, 6) is 0.981. The Morgan fingerprint density at radius 1 is 1.21 bits per heavy atom. The van der Waals surface area contributed by atoms with Crippen molar-refractivity contribution >= 4 is 12.2 Å². The Hall–Kier alpha value is -2.29. The molecular weight excluding hydrogens is 240 g/mol. The quantitative estimate of drug-likeness (QED) is 0.841. The molecule has 0 N–H and O–H groups in total. The summed E-state index contributed by atoms with van der Waals surface area (Å²) in [6.45, 7) is 2.11. The maximum atomic E-state index is 11.3. The number of ether oxygens (including phenoxy) is 1. The van der Waals surface area contributed by atoms with Crippen molar-refractivity contribution in [3.63, 3.8) is 0 Å². The minimum atomic E-state index is -0.414. The van der Waals surface area contributed by atoms with Gasteiger partial charge in [-0.2, -0.15) is 0 Å².